The molecule has 18 heavy (non-hydrogen) atoms. The van der Waals surface area contributed by atoms with E-state index < -0.39 is 0 Å². The molecule has 1 aliphatic carbocycles. The predicted octanol–water partition coefficient (Wildman–Crippen LogP) is 4.01. The highest BCUT2D eigenvalue weighted by atomic mass is 16.3. The Hall–Kier alpha value is -1.54. The van der Waals surface area contributed by atoms with Gasteiger partial charge in [0.1, 0.15) is 5.76 Å². The van der Waals surface area contributed by atoms with Gasteiger partial charge in [-0.3, -0.25) is 0 Å². The molecule has 1 aromatic heterocycles. The largest absolute Gasteiger partial charge is 0.468 e. The first kappa shape index (κ1) is 11.5. The highest BCUT2D eigenvalue weighted by Crippen LogP contribution is 2.31. The molecule has 2 aromatic rings. The Kier molecular flexibility index (Phi) is 3.20. The standard InChI is InChI=1S/C16H19NO/c1-12(16-10-5-11-18-16)17-15-9-4-7-13-6-2-3-8-14(13)15/h2-3,5-6,8,10-12,15,17H,4,7,9H2,1H3/t12-,15?/m0/s1. The van der Waals surface area contributed by atoms with Gasteiger partial charge in [-0.15, -0.1) is 0 Å². The zero-order valence-electron chi connectivity index (χ0n) is 10.7. The molecule has 2 heteroatoms. The number of hydrogen-bond acceptors (Lipinski definition) is 2. The molecule has 0 aliphatic heterocycles. The van der Waals surface area contributed by atoms with Crippen molar-refractivity contribution in [1.82, 2.24) is 5.32 Å². The van der Waals surface area contributed by atoms with Gasteiger partial charge in [0.25, 0.3) is 0 Å². The van der Waals surface area contributed by atoms with E-state index >= 15 is 0 Å². The van der Waals surface area contributed by atoms with Crippen LogP contribution in [0.2, 0.25) is 0 Å². The number of benzene rings is 1. The van der Waals surface area contributed by atoms with Gasteiger partial charge in [-0.05, 0) is 49.4 Å². The van der Waals surface area contributed by atoms with Crippen LogP contribution in [0, 0.1) is 0 Å². The molecule has 0 radical (unpaired) electrons. The summed E-state index contributed by atoms with van der Waals surface area (Å²) in [5.74, 6) is 1.01. The summed E-state index contributed by atoms with van der Waals surface area (Å²) in [6.45, 7) is 2.16. The molecule has 94 valence electrons. The van der Waals surface area contributed by atoms with Crippen molar-refractivity contribution in [1.29, 1.82) is 0 Å². The van der Waals surface area contributed by atoms with Crippen LogP contribution in [0.1, 0.15) is 48.7 Å². The van der Waals surface area contributed by atoms with Crippen LogP contribution >= 0.6 is 0 Å². The molecule has 1 heterocycles. The second-order valence-corrected chi connectivity index (χ2v) is 5.05. The first-order valence-corrected chi connectivity index (χ1v) is 6.72. The van der Waals surface area contributed by atoms with E-state index in [9.17, 15) is 0 Å². The van der Waals surface area contributed by atoms with E-state index in [1.807, 2.05) is 12.1 Å². The molecule has 0 saturated heterocycles. The van der Waals surface area contributed by atoms with Gasteiger partial charge in [-0.2, -0.15) is 0 Å². The number of fused-ring (bicyclic) bond motifs is 1. The van der Waals surface area contributed by atoms with Crippen LogP contribution in [0.4, 0.5) is 0 Å². The monoisotopic (exact) mass is 241 g/mol. The maximum Gasteiger partial charge on any atom is 0.120 e. The molecule has 1 aliphatic rings. The fraction of sp³-hybridized carbons (Fsp3) is 0.375. The average Bonchev–Trinajstić information content (AvgIpc) is 2.93. The average molecular weight is 241 g/mol. The molecule has 1 N–H and O–H groups in total. The summed E-state index contributed by atoms with van der Waals surface area (Å²) in [6.07, 6.45) is 5.42. The first-order valence-electron chi connectivity index (χ1n) is 6.72. The number of rotatable bonds is 3. The highest BCUT2D eigenvalue weighted by molar-refractivity contribution is 5.32. The van der Waals surface area contributed by atoms with Crippen LogP contribution in [0.25, 0.3) is 0 Å². The third kappa shape index (κ3) is 2.21. The number of nitrogens with one attached hydrogen (secondary N) is 1. The van der Waals surface area contributed by atoms with Gasteiger partial charge in [-0.25, -0.2) is 0 Å². The summed E-state index contributed by atoms with van der Waals surface area (Å²) in [7, 11) is 0. The van der Waals surface area contributed by atoms with Crippen molar-refractivity contribution in [2.24, 2.45) is 0 Å². The molecule has 1 aromatic carbocycles. The molecule has 0 bridgehead atoms. The molecular formula is C16H19NO. The molecule has 0 saturated carbocycles. The van der Waals surface area contributed by atoms with Crippen molar-refractivity contribution < 1.29 is 4.42 Å². The van der Waals surface area contributed by atoms with E-state index in [2.05, 4.69) is 36.5 Å². The minimum absolute atomic E-state index is 0.260. The van der Waals surface area contributed by atoms with E-state index in [-0.39, 0.29) is 6.04 Å². The Morgan fingerprint density at radius 1 is 1.22 bits per heavy atom. The van der Waals surface area contributed by atoms with E-state index in [0.717, 1.165) is 5.76 Å². The summed E-state index contributed by atoms with van der Waals surface area (Å²) in [6, 6.07) is 13.5. The summed E-state index contributed by atoms with van der Waals surface area (Å²) in [5.41, 5.74) is 2.95. The zero-order chi connectivity index (χ0) is 12.4. The van der Waals surface area contributed by atoms with Crippen molar-refractivity contribution in [3.63, 3.8) is 0 Å². The van der Waals surface area contributed by atoms with E-state index in [1.165, 1.54) is 30.4 Å². The van der Waals surface area contributed by atoms with Gasteiger partial charge in [0.05, 0.1) is 12.3 Å². The van der Waals surface area contributed by atoms with Gasteiger partial charge < -0.3 is 9.73 Å². The molecule has 1 unspecified atom stereocenters. The number of hydrogen-bond donors (Lipinski definition) is 1. The van der Waals surface area contributed by atoms with Crippen molar-refractivity contribution in [2.45, 2.75) is 38.3 Å². The Morgan fingerprint density at radius 3 is 2.94 bits per heavy atom. The van der Waals surface area contributed by atoms with Crippen LogP contribution in [0.15, 0.2) is 47.1 Å². The lowest BCUT2D eigenvalue weighted by Gasteiger charge is -2.28. The number of furan rings is 1. The Morgan fingerprint density at radius 2 is 2.11 bits per heavy atom. The fourth-order valence-corrected chi connectivity index (χ4v) is 2.85. The normalized spacial score (nSPS) is 20.4. The maximum absolute atomic E-state index is 5.46. The summed E-state index contributed by atoms with van der Waals surface area (Å²) in [5, 5.41) is 3.68. The molecule has 0 spiro atoms. The van der Waals surface area contributed by atoms with E-state index in [1.54, 1.807) is 6.26 Å². The smallest absolute Gasteiger partial charge is 0.120 e. The van der Waals surface area contributed by atoms with Crippen molar-refractivity contribution in [3.05, 3.63) is 59.5 Å². The van der Waals surface area contributed by atoms with Crippen LogP contribution in [-0.2, 0) is 6.42 Å². The van der Waals surface area contributed by atoms with Gasteiger partial charge in [0.15, 0.2) is 0 Å². The molecule has 2 atom stereocenters. The van der Waals surface area contributed by atoms with Crippen molar-refractivity contribution in [2.75, 3.05) is 0 Å². The maximum atomic E-state index is 5.46. The van der Waals surface area contributed by atoms with Gasteiger partial charge in [0.2, 0.25) is 0 Å². The third-order valence-corrected chi connectivity index (χ3v) is 3.79. The van der Waals surface area contributed by atoms with Crippen LogP contribution in [0.3, 0.4) is 0 Å². The summed E-state index contributed by atoms with van der Waals surface area (Å²) >= 11 is 0. The lowest BCUT2D eigenvalue weighted by Crippen LogP contribution is -2.27. The first-order chi connectivity index (χ1) is 8.84. The fourth-order valence-electron chi connectivity index (χ4n) is 2.85. The van der Waals surface area contributed by atoms with Gasteiger partial charge >= 0.3 is 0 Å². The highest BCUT2D eigenvalue weighted by Gasteiger charge is 2.22. The minimum Gasteiger partial charge on any atom is -0.468 e. The molecule has 2 nitrogen and oxygen atoms in total. The second-order valence-electron chi connectivity index (χ2n) is 5.05. The minimum atomic E-state index is 0.260. The molecular weight excluding hydrogens is 222 g/mol. The lowest BCUT2D eigenvalue weighted by molar-refractivity contribution is 0.367. The topological polar surface area (TPSA) is 25.2 Å². The SMILES string of the molecule is C[C@H](NC1CCCc2ccccc21)c1ccco1. The van der Waals surface area contributed by atoms with E-state index in [4.69, 9.17) is 4.42 Å². The van der Waals surface area contributed by atoms with Crippen molar-refractivity contribution in [3.8, 4) is 0 Å². The summed E-state index contributed by atoms with van der Waals surface area (Å²) in [4.78, 5) is 0. The Bertz CT molecular complexity index is 504. The van der Waals surface area contributed by atoms with Crippen LogP contribution in [0.5, 0.6) is 0 Å². The van der Waals surface area contributed by atoms with Crippen molar-refractivity contribution >= 4 is 0 Å². The molecule has 0 fully saturated rings. The van der Waals surface area contributed by atoms with Gasteiger partial charge in [-0.1, -0.05) is 24.3 Å². The zero-order valence-corrected chi connectivity index (χ0v) is 10.7. The molecule has 3 rings (SSSR count). The lowest BCUT2D eigenvalue weighted by atomic mass is 9.87. The number of aryl methyl sites for hydroxylation is 1. The summed E-state index contributed by atoms with van der Waals surface area (Å²) < 4.78 is 5.46. The van der Waals surface area contributed by atoms with Crippen LogP contribution < -0.4 is 5.32 Å². The second kappa shape index (κ2) is 4.99. The quantitative estimate of drug-likeness (QED) is 0.878. The van der Waals surface area contributed by atoms with Gasteiger partial charge in [0, 0.05) is 6.04 Å². The predicted molar refractivity (Wildman–Crippen MR) is 72.4 cm³/mol. The Balaban J connectivity index is 1.78. The van der Waals surface area contributed by atoms with Crippen LogP contribution in [-0.4, -0.2) is 0 Å². The third-order valence-electron chi connectivity index (χ3n) is 3.79. The Labute approximate surface area is 108 Å². The van der Waals surface area contributed by atoms with E-state index in [0.29, 0.717) is 6.04 Å². The molecule has 0 amide bonds.